The zero-order chi connectivity index (χ0) is 99.4. The summed E-state index contributed by atoms with van der Waals surface area (Å²) in [7, 11) is 0. The lowest BCUT2D eigenvalue weighted by Crippen LogP contribution is -2.57. The van der Waals surface area contributed by atoms with Crippen molar-refractivity contribution in [2.24, 2.45) is 11.5 Å². The van der Waals surface area contributed by atoms with Crippen LogP contribution < -0.4 is 102 Å². The zero-order valence-corrected chi connectivity index (χ0v) is 75.8. The number of guanidine groups is 2. The molecule has 3 aromatic rings. The van der Waals surface area contributed by atoms with Crippen LogP contribution in [0, 0.1) is 10.8 Å². The standard InChI is InChI=1S/C85H124N24O26S/c86-83(87)92-29-11-19-56-75(123)101-58(77(125)105-72(52-13-3-1-4-14-52)79(127)103-61(81(129)130)42-64(111)95-44-66(113)98-56)17-7-9-27-90-63(110)26-25-60(74(122)91-28-10-8-18-59-78(126)106-73(53-15-5-2-6-16-53)80(128)104-62(82(131)132)43-65(112)96-45-67(114)99-57(76(124)102-59)20-12-30-93-84(88)89)100-68(115)50-135-40-39-134-38-37-133-36-31-94-85(136)97-54-23-21-51(22-24-54)41-55-46-108(48-70(118)119)33-32-107(47-69(116)117)34-35-109(55)49-71(120)121/h1-6,13-16,21-24,55-62,72-73H,7-12,17-20,25-50H2,(H,90,110)(H,91,122)(H,95,111)(H,96,112)(H,98,113)(H,99,114)(H,100,115)(H,101,123)(H,102,124)(H,103,127)(H,104,128)(H,105,125)(H,106,126)(H,116,117)(H,118,119)(H,120,121)(H,129,130)(H,131,132)(H4,86,87,92)(H4,88,89,93)(H2,94,97,136)/t55?,56-,57-,58+,59+,60-,61+,62+,72+,73+/m0/s1. The molecule has 1 unspecified atom stereocenters. The monoisotopic (exact) mass is 1930 g/mol. The van der Waals surface area contributed by atoms with Gasteiger partial charge in [-0.3, -0.25) is 102 Å². The second-order valence-corrected chi connectivity index (χ2v) is 32.4. The molecule has 3 aromatic carbocycles. The number of nitrogens with zero attached hydrogens (tertiary/aromatic N) is 3. The molecule has 746 valence electrons. The third kappa shape index (κ3) is 43.9. The van der Waals surface area contributed by atoms with Crippen LogP contribution in [0.15, 0.2) is 84.9 Å². The van der Waals surface area contributed by atoms with Gasteiger partial charge < -0.3 is 142 Å². The van der Waals surface area contributed by atoms with Crippen LogP contribution in [0.5, 0.6) is 0 Å². The number of anilines is 1. The Bertz CT molecular complexity index is 4570. The fourth-order valence-electron chi connectivity index (χ4n) is 14.3. The van der Waals surface area contributed by atoms with Gasteiger partial charge in [-0.2, -0.15) is 0 Å². The summed E-state index contributed by atoms with van der Waals surface area (Å²) in [6, 6.07) is 8.02. The van der Waals surface area contributed by atoms with Crippen LogP contribution in [0.1, 0.15) is 119 Å². The molecule has 28 N–H and O–H groups in total. The number of benzene rings is 3. The van der Waals surface area contributed by atoms with Crippen LogP contribution >= 0.6 is 12.2 Å². The van der Waals surface area contributed by atoms with E-state index in [0.29, 0.717) is 12.1 Å². The van der Waals surface area contributed by atoms with E-state index < -0.39 is 206 Å². The number of hydrogen-bond acceptors (Lipinski definition) is 27. The fourth-order valence-corrected chi connectivity index (χ4v) is 14.6. The molecule has 51 heteroatoms. The van der Waals surface area contributed by atoms with Crippen LogP contribution in [0.3, 0.4) is 0 Å². The maximum Gasteiger partial charge on any atom is 0.326 e. The van der Waals surface area contributed by atoms with Gasteiger partial charge in [0.2, 0.25) is 76.8 Å². The number of amides is 13. The number of carbonyl (C=O) groups excluding carboxylic acids is 13. The fraction of sp³-hybridized carbons (Fsp3) is 0.541. The first-order chi connectivity index (χ1) is 65.0. The van der Waals surface area contributed by atoms with E-state index in [1.807, 2.05) is 12.1 Å². The van der Waals surface area contributed by atoms with Crippen LogP contribution in [0.2, 0.25) is 0 Å². The topological polar surface area (TPSA) is 750 Å². The molecule has 3 aliphatic rings. The molecule has 10 atom stereocenters. The van der Waals surface area contributed by atoms with E-state index in [-0.39, 0.29) is 217 Å². The number of thiocarbonyl (C=S) groups is 1. The number of aliphatic carboxylic acids is 5. The van der Waals surface area contributed by atoms with Crippen molar-refractivity contribution >= 4 is 142 Å². The van der Waals surface area contributed by atoms with Crippen molar-refractivity contribution in [3.05, 3.63) is 102 Å². The van der Waals surface area contributed by atoms with E-state index >= 15 is 0 Å². The van der Waals surface area contributed by atoms with E-state index in [9.17, 15) is 112 Å². The summed E-state index contributed by atoms with van der Waals surface area (Å²) in [4.78, 5) is 245. The van der Waals surface area contributed by atoms with Crippen molar-refractivity contribution in [3.63, 3.8) is 0 Å². The lowest BCUT2D eigenvalue weighted by Gasteiger charge is -2.33. The molecule has 6 rings (SSSR count). The van der Waals surface area contributed by atoms with Gasteiger partial charge in [0.1, 0.15) is 61.0 Å². The molecule has 0 radical (unpaired) electrons. The van der Waals surface area contributed by atoms with Gasteiger partial charge >= 0.3 is 29.8 Å². The third-order valence-corrected chi connectivity index (χ3v) is 21.5. The molecule has 3 saturated heterocycles. The van der Waals surface area contributed by atoms with Gasteiger partial charge in [-0.25, -0.2) is 9.59 Å². The number of ether oxygens (including phenoxy) is 3. The van der Waals surface area contributed by atoms with Crippen LogP contribution in [0.25, 0.3) is 0 Å². The zero-order valence-electron chi connectivity index (χ0n) is 75.0. The summed E-state index contributed by atoms with van der Waals surface area (Å²) >= 11 is 5.49. The predicted octanol–water partition coefficient (Wildman–Crippen LogP) is -6.70. The Hall–Kier alpha value is -13.9. The average Bonchev–Trinajstić information content (AvgIpc) is 0.975. The summed E-state index contributed by atoms with van der Waals surface area (Å²) < 4.78 is 16.9. The minimum Gasteiger partial charge on any atom is -0.480 e. The molecular formula is C85H124N24O26S. The van der Waals surface area contributed by atoms with Crippen molar-refractivity contribution in [1.29, 1.82) is 10.8 Å². The highest BCUT2D eigenvalue weighted by Crippen LogP contribution is 2.21. The number of carboxylic acid groups (broad SMARTS) is 5. The van der Waals surface area contributed by atoms with Gasteiger partial charge in [0.15, 0.2) is 17.0 Å². The summed E-state index contributed by atoms with van der Waals surface area (Å²) in [5.41, 5.74) is 12.7. The van der Waals surface area contributed by atoms with Crippen molar-refractivity contribution in [2.45, 2.75) is 157 Å². The number of rotatable bonds is 47. The number of hydrogen-bond donors (Lipinski definition) is 26. The molecule has 3 heterocycles. The van der Waals surface area contributed by atoms with Gasteiger partial charge in [0.05, 0.1) is 78.6 Å². The van der Waals surface area contributed by atoms with Gasteiger partial charge in [0, 0.05) is 83.6 Å². The normalized spacial score (nSPS) is 20.4. The summed E-state index contributed by atoms with van der Waals surface area (Å²) in [5, 5.41) is 108. The number of carbonyl (C=O) groups is 18. The van der Waals surface area contributed by atoms with E-state index in [1.165, 1.54) is 36.4 Å². The SMILES string of the molecule is N=C(N)NCCC[C@@H]1NC(=O)CNC(=O)C[C@H](C(=O)O)NC(=O)[C@@H](c2ccccc2)NC(=O)[C@@H](CCCCNC(=O)CC[C@H](NC(=O)COCCOCCOCCNC(=S)Nc2ccc(CC3CN(CC(=O)O)CCN(CC(=O)O)CCN3CC(=O)O)cc2)C(=O)NCCCC[C@H]2NC(=O)[C@H](CCCNC(=N)N)NC(=O)CNC(=O)C[C@H](C(=O)O)NC(=O)[C@@H](c3ccccc3)NC2=O)NC1=O. The second kappa shape index (κ2) is 60.4. The molecule has 3 aliphatic heterocycles. The Morgan fingerprint density at radius 3 is 1.37 bits per heavy atom. The molecule has 0 spiro atoms. The lowest BCUT2D eigenvalue weighted by molar-refractivity contribution is -0.144. The van der Waals surface area contributed by atoms with E-state index in [2.05, 4.69) is 90.4 Å². The van der Waals surface area contributed by atoms with Crippen molar-refractivity contribution in [2.75, 3.05) is 143 Å². The number of unbranched alkanes of at least 4 members (excludes halogenated alkanes) is 2. The highest BCUT2D eigenvalue weighted by atomic mass is 32.1. The smallest absolute Gasteiger partial charge is 0.326 e. The average molecular weight is 1930 g/mol. The molecule has 0 aromatic heterocycles. The first-order valence-corrected chi connectivity index (χ1v) is 44.6. The molecule has 0 bridgehead atoms. The highest BCUT2D eigenvalue weighted by Gasteiger charge is 2.38. The Labute approximate surface area is 787 Å². The van der Waals surface area contributed by atoms with E-state index in [1.54, 1.807) is 51.1 Å². The molecule has 136 heavy (non-hydrogen) atoms. The Morgan fingerprint density at radius 2 is 0.882 bits per heavy atom. The lowest BCUT2D eigenvalue weighted by atomic mass is 10.0. The molecule has 13 amide bonds. The molecule has 0 saturated carbocycles. The summed E-state index contributed by atoms with van der Waals surface area (Å²) in [5.74, 6) is -18.9. The molecule has 3 fully saturated rings. The number of nitrogens with one attached hydrogen (secondary N) is 19. The van der Waals surface area contributed by atoms with Crippen LogP contribution in [-0.4, -0.2) is 350 Å². The maximum atomic E-state index is 14.5. The maximum absolute atomic E-state index is 14.5. The minimum absolute atomic E-state index is 0.0124. The Balaban J connectivity index is 1.09. The Kier molecular flexibility index (Phi) is 49.2. The van der Waals surface area contributed by atoms with E-state index in [4.69, 9.17) is 48.7 Å². The third-order valence-electron chi connectivity index (χ3n) is 21.2. The molecule has 50 nitrogen and oxygen atoms in total. The van der Waals surface area contributed by atoms with Gasteiger partial charge in [-0.1, -0.05) is 72.8 Å². The largest absolute Gasteiger partial charge is 0.480 e. The van der Waals surface area contributed by atoms with Gasteiger partial charge in [-0.05, 0) is 118 Å². The predicted molar refractivity (Wildman–Crippen MR) is 488 cm³/mol. The van der Waals surface area contributed by atoms with Gasteiger partial charge in [-0.15, -0.1) is 0 Å². The van der Waals surface area contributed by atoms with Crippen molar-refractivity contribution in [3.8, 4) is 0 Å². The number of nitrogens with two attached hydrogens (primary N) is 2. The van der Waals surface area contributed by atoms with Crippen LogP contribution in [-0.2, 0) is 107 Å². The molecular weight excluding hydrogens is 1810 g/mol. The minimum atomic E-state index is -1.85. The second-order valence-electron chi connectivity index (χ2n) is 32.0. The first-order valence-electron chi connectivity index (χ1n) is 44.2. The summed E-state index contributed by atoms with van der Waals surface area (Å²) in [6.45, 7) is -1.24. The van der Waals surface area contributed by atoms with E-state index in [0.717, 1.165) is 5.56 Å². The molecule has 0 aliphatic carbocycles. The van der Waals surface area contributed by atoms with Crippen LogP contribution in [0.4, 0.5) is 5.69 Å². The van der Waals surface area contributed by atoms with Crippen molar-refractivity contribution < 1.29 is 126 Å². The quantitative estimate of drug-likeness (QED) is 0.0108. The highest BCUT2D eigenvalue weighted by molar-refractivity contribution is 7.80. The Morgan fingerprint density at radius 1 is 0.449 bits per heavy atom. The van der Waals surface area contributed by atoms with Gasteiger partial charge in [0.25, 0.3) is 0 Å². The first kappa shape index (κ1) is 111. The summed E-state index contributed by atoms with van der Waals surface area (Å²) in [6.07, 6.45) is -2.05. The number of carboxylic acids is 5. The van der Waals surface area contributed by atoms with Crippen molar-refractivity contribution in [1.82, 2.24) is 99.8 Å².